The van der Waals surface area contributed by atoms with Crippen LogP contribution in [-0.4, -0.2) is 177 Å². The average Bonchev–Trinajstić information content (AvgIpc) is 3.66. The Morgan fingerprint density at radius 1 is 0.437 bits per heavy atom. The number of allylic oxidation sites excluding steroid dienone is 1. The smallest absolute Gasteiger partial charge is 0.0834 e. The maximum Gasteiger partial charge on any atom is 0.0834 e. The predicted molar refractivity (Wildman–Crippen MR) is 309 cm³/mol. The van der Waals surface area contributed by atoms with Crippen molar-refractivity contribution in [2.75, 3.05) is 98.2 Å². The van der Waals surface area contributed by atoms with E-state index in [0.29, 0.717) is 38.5 Å². The molecule has 8 heteroatoms. The van der Waals surface area contributed by atoms with E-state index in [4.69, 9.17) is 4.74 Å². The Balaban J connectivity index is 0.000000176. The number of rotatable bonds is 0. The fourth-order valence-corrected chi connectivity index (χ4v) is 12.0. The van der Waals surface area contributed by atoms with Gasteiger partial charge >= 0.3 is 0 Å². The molecule has 410 valence electrons. The lowest BCUT2D eigenvalue weighted by atomic mass is 9.70. The molecule has 6 fully saturated rings. The van der Waals surface area contributed by atoms with E-state index in [0.717, 1.165) is 32.2 Å². The van der Waals surface area contributed by atoms with Crippen LogP contribution in [0.2, 0.25) is 0 Å². The molecule has 0 N–H and O–H groups in total. The van der Waals surface area contributed by atoms with Crippen LogP contribution in [0.15, 0.2) is 23.8 Å². The second-order valence-corrected chi connectivity index (χ2v) is 31.6. The molecule has 8 nitrogen and oxygen atoms in total. The van der Waals surface area contributed by atoms with Gasteiger partial charge in [-0.05, 0) is 203 Å². The molecule has 6 saturated heterocycles. The van der Waals surface area contributed by atoms with Gasteiger partial charge in [0.2, 0.25) is 0 Å². The van der Waals surface area contributed by atoms with Crippen LogP contribution in [0.5, 0.6) is 0 Å². The molecule has 0 saturated carbocycles. The van der Waals surface area contributed by atoms with Gasteiger partial charge in [-0.1, -0.05) is 71.4 Å². The first-order chi connectivity index (χ1) is 32.1. The number of fused-ring (bicyclic) bond motifs is 2. The number of benzene rings is 1. The van der Waals surface area contributed by atoms with Gasteiger partial charge in [-0.2, -0.15) is 0 Å². The van der Waals surface area contributed by atoms with Crippen molar-refractivity contribution in [2.24, 2.45) is 10.8 Å². The summed E-state index contributed by atoms with van der Waals surface area (Å²) in [7, 11) is 0. The highest BCUT2D eigenvalue weighted by Gasteiger charge is 2.49. The van der Waals surface area contributed by atoms with Gasteiger partial charge in [0.25, 0.3) is 0 Å². The lowest BCUT2D eigenvalue weighted by Gasteiger charge is -2.59. The van der Waals surface area contributed by atoms with Crippen molar-refractivity contribution in [3.63, 3.8) is 0 Å². The van der Waals surface area contributed by atoms with Crippen LogP contribution in [0.25, 0.3) is 6.08 Å². The lowest BCUT2D eigenvalue weighted by Crippen LogP contribution is -2.66. The topological polar surface area (TPSA) is 31.9 Å². The van der Waals surface area contributed by atoms with E-state index >= 15 is 0 Å². The highest BCUT2D eigenvalue weighted by atomic mass is 16.5. The Morgan fingerprint density at radius 2 is 0.873 bits per heavy atom. The second kappa shape index (κ2) is 21.9. The van der Waals surface area contributed by atoms with E-state index in [-0.39, 0.29) is 16.6 Å². The zero-order chi connectivity index (χ0) is 53.6. The first-order valence-corrected chi connectivity index (χ1v) is 28.8. The molecule has 0 bridgehead atoms. The highest BCUT2D eigenvalue weighted by Crippen LogP contribution is 2.45. The van der Waals surface area contributed by atoms with E-state index in [9.17, 15) is 0 Å². The number of nitrogens with zero attached hydrogens (tertiary/aromatic N) is 7. The summed E-state index contributed by atoms with van der Waals surface area (Å²) < 4.78 is 6.22. The molecule has 1 aromatic carbocycles. The third-order valence-electron chi connectivity index (χ3n) is 17.9. The number of piperazine rings is 2. The lowest BCUT2D eigenvalue weighted by molar-refractivity contribution is -0.156. The van der Waals surface area contributed by atoms with Crippen molar-refractivity contribution in [1.82, 2.24) is 34.3 Å². The fourth-order valence-electron chi connectivity index (χ4n) is 12.0. The third kappa shape index (κ3) is 16.6. The Bertz CT molecular complexity index is 1840. The molecular weight excluding hydrogens is 871 g/mol. The Hall–Kier alpha value is -1.36. The van der Waals surface area contributed by atoms with Gasteiger partial charge in [0.15, 0.2) is 0 Å². The molecule has 1 aromatic rings. The molecule has 1 aliphatic carbocycles. The van der Waals surface area contributed by atoms with Gasteiger partial charge in [-0.25, -0.2) is 0 Å². The predicted octanol–water partition coefficient (Wildman–Crippen LogP) is 12.6. The van der Waals surface area contributed by atoms with Gasteiger partial charge < -0.3 is 4.74 Å². The van der Waals surface area contributed by atoms with Crippen molar-refractivity contribution < 1.29 is 4.74 Å². The van der Waals surface area contributed by atoms with Gasteiger partial charge in [-0.3, -0.25) is 34.3 Å². The van der Waals surface area contributed by atoms with Gasteiger partial charge in [0, 0.05) is 118 Å². The quantitative estimate of drug-likeness (QED) is 0.254. The second-order valence-electron chi connectivity index (χ2n) is 31.6. The number of hydrogen-bond acceptors (Lipinski definition) is 8. The van der Waals surface area contributed by atoms with Gasteiger partial charge in [0.05, 0.1) is 12.2 Å². The summed E-state index contributed by atoms with van der Waals surface area (Å²) in [5.74, 6) is 0. The van der Waals surface area contributed by atoms with Crippen molar-refractivity contribution in [3.05, 3.63) is 40.5 Å². The molecule has 6 aliphatic heterocycles. The number of likely N-dealkylation sites (tertiary alicyclic amines) is 3. The minimum atomic E-state index is 0.118. The average molecular weight is 989 g/mol. The molecule has 0 aromatic heterocycles. The first kappa shape index (κ1) is 60.5. The SMILES string of the molecule is CC(C)(C)C1=Cc2cc(C(C)(C)C)ccc2C1.CC(C)(C)N1CCC2(CC1)CN(C(C)(C)C)C2.CC(C)(C)N1CCC2(CC1)CN(C(C)(C)C)CCO2.CC(C)(C)N1CCN2CCN(C(C)(C)C)CC2C1. The van der Waals surface area contributed by atoms with E-state index in [1.165, 1.54) is 121 Å². The Labute approximate surface area is 441 Å². The van der Waals surface area contributed by atoms with E-state index in [2.05, 4.69) is 225 Å². The van der Waals surface area contributed by atoms with Crippen molar-refractivity contribution in [2.45, 2.75) is 249 Å². The zero-order valence-corrected chi connectivity index (χ0v) is 51.6. The molecule has 2 spiro atoms. The van der Waals surface area contributed by atoms with E-state index in [1.54, 1.807) is 5.57 Å². The van der Waals surface area contributed by atoms with Crippen molar-refractivity contribution >= 4 is 6.08 Å². The first-order valence-electron chi connectivity index (χ1n) is 28.8. The monoisotopic (exact) mass is 988 g/mol. The van der Waals surface area contributed by atoms with Crippen LogP contribution in [0, 0.1) is 10.8 Å². The number of ether oxygens (including phenoxy) is 1. The molecular formula is C63H117N7O. The molecule has 7 aliphatic rings. The summed E-state index contributed by atoms with van der Waals surface area (Å²) in [6, 6.07) is 7.70. The minimum absolute atomic E-state index is 0.118. The van der Waals surface area contributed by atoms with Gasteiger partial charge in [-0.15, -0.1) is 0 Å². The largest absolute Gasteiger partial charge is 0.372 e. The van der Waals surface area contributed by atoms with Crippen LogP contribution < -0.4 is 0 Å². The van der Waals surface area contributed by atoms with Crippen molar-refractivity contribution in [3.8, 4) is 0 Å². The molecule has 0 radical (unpaired) electrons. The summed E-state index contributed by atoms with van der Waals surface area (Å²) in [5.41, 5.74) is 9.13. The fraction of sp³-hybridized carbons (Fsp3) is 0.873. The minimum Gasteiger partial charge on any atom is -0.372 e. The summed E-state index contributed by atoms with van der Waals surface area (Å²) in [6.07, 6.45) is 8.68. The molecule has 71 heavy (non-hydrogen) atoms. The van der Waals surface area contributed by atoms with E-state index in [1.807, 2.05) is 0 Å². The number of piperidine rings is 2. The molecule has 0 atom stereocenters. The summed E-state index contributed by atoms with van der Waals surface area (Å²) >= 11 is 0. The van der Waals surface area contributed by atoms with E-state index < -0.39 is 0 Å². The van der Waals surface area contributed by atoms with Crippen LogP contribution >= 0.6 is 0 Å². The number of hydrogen-bond donors (Lipinski definition) is 0. The molecule has 8 rings (SSSR count). The molecule has 0 unspecified atom stereocenters. The normalized spacial score (nSPS) is 24.1. The standard InChI is InChI=1S/C17H24.C16H32N2O.C15H31N3.C15H30N2/c1-16(2,3)14-8-7-12-9-15(17(4,5)6)11-13(12)10-14;1-14(2,3)17-9-7-16(8-10-17)13-18(11-12-19-16)15(4,5)6;1-14(2,3)17-9-7-16-8-10-18(15(4,5)6)12-13(16)11-17;1-13(2,3)16-9-7-15(8-10-16)11-17(12-15)14(4,5)6/h7-8,10-11H,9H2,1-6H3;7-13H2,1-6H3;13H,7-12H2,1-6H3;7-12H2,1-6H3. The third-order valence-corrected chi connectivity index (χ3v) is 17.9. The van der Waals surface area contributed by atoms with Crippen LogP contribution in [0.4, 0.5) is 0 Å². The van der Waals surface area contributed by atoms with Crippen molar-refractivity contribution in [1.29, 1.82) is 0 Å². The van der Waals surface area contributed by atoms with Crippen LogP contribution in [0.3, 0.4) is 0 Å². The maximum absolute atomic E-state index is 6.22. The van der Waals surface area contributed by atoms with Gasteiger partial charge in [0.1, 0.15) is 0 Å². The summed E-state index contributed by atoms with van der Waals surface area (Å²) in [6.45, 7) is 73.8. The highest BCUT2D eigenvalue weighted by molar-refractivity contribution is 5.66. The Morgan fingerprint density at radius 3 is 1.28 bits per heavy atom. The zero-order valence-electron chi connectivity index (χ0n) is 51.6. The maximum atomic E-state index is 6.22. The summed E-state index contributed by atoms with van der Waals surface area (Å²) in [4.78, 5) is 18.5. The Kier molecular flexibility index (Phi) is 18.7. The summed E-state index contributed by atoms with van der Waals surface area (Å²) in [5, 5.41) is 0. The van der Waals surface area contributed by atoms with Crippen LogP contribution in [-0.2, 0) is 16.6 Å². The molecule has 6 heterocycles. The molecule has 0 amide bonds. The number of morpholine rings is 1. The van der Waals surface area contributed by atoms with Crippen LogP contribution in [0.1, 0.15) is 209 Å².